The molecule has 0 saturated carbocycles. The third-order valence-electron chi connectivity index (χ3n) is 5.10. The molecule has 1 saturated heterocycles. The van der Waals surface area contributed by atoms with Gasteiger partial charge in [0.1, 0.15) is 0 Å². The molecule has 8 heteroatoms. The van der Waals surface area contributed by atoms with Gasteiger partial charge in [-0.3, -0.25) is 19.8 Å². The zero-order chi connectivity index (χ0) is 19.4. The molecule has 1 aromatic carbocycles. The van der Waals surface area contributed by atoms with Gasteiger partial charge in [-0.1, -0.05) is 0 Å². The summed E-state index contributed by atoms with van der Waals surface area (Å²) < 4.78 is 2.08. The Morgan fingerprint density at radius 2 is 1.81 bits per heavy atom. The van der Waals surface area contributed by atoms with Crippen molar-refractivity contribution in [2.75, 3.05) is 39.8 Å². The van der Waals surface area contributed by atoms with Crippen LogP contribution in [0.1, 0.15) is 22.1 Å². The molecule has 1 aromatic heterocycles. The number of nitro groups is 1. The van der Waals surface area contributed by atoms with Crippen molar-refractivity contribution in [2.24, 2.45) is 7.05 Å². The predicted octanol–water partition coefficient (Wildman–Crippen LogP) is 1.65. The molecule has 1 N–H and O–H groups in total. The van der Waals surface area contributed by atoms with Crippen LogP contribution in [0.15, 0.2) is 42.6 Å². The molecule has 2 aromatic rings. The zero-order valence-corrected chi connectivity index (χ0v) is 15.7. The molecule has 1 fully saturated rings. The summed E-state index contributed by atoms with van der Waals surface area (Å²) in [6.07, 6.45) is 2.01. The summed E-state index contributed by atoms with van der Waals surface area (Å²) in [6, 6.07) is 9.86. The second-order valence-corrected chi connectivity index (χ2v) is 6.91. The maximum Gasteiger partial charge on any atom is 0.269 e. The Morgan fingerprint density at radius 3 is 2.37 bits per heavy atom. The number of nitrogens with one attached hydrogen (secondary N) is 1. The Bertz CT molecular complexity index is 794. The third kappa shape index (κ3) is 4.53. The first-order valence-corrected chi connectivity index (χ1v) is 9.02. The number of aromatic nitrogens is 1. The number of carbonyl (C=O) groups excluding carboxylic acids is 1. The minimum atomic E-state index is -0.472. The number of hydrogen-bond acceptors (Lipinski definition) is 5. The monoisotopic (exact) mass is 371 g/mol. The first-order chi connectivity index (χ1) is 13.0. The Kier molecular flexibility index (Phi) is 5.88. The lowest BCUT2D eigenvalue weighted by Crippen LogP contribution is -2.48. The summed E-state index contributed by atoms with van der Waals surface area (Å²) in [5.41, 5.74) is 1.55. The minimum Gasteiger partial charge on any atom is -0.353 e. The normalized spacial score (nSPS) is 16.8. The van der Waals surface area contributed by atoms with Crippen molar-refractivity contribution in [3.63, 3.8) is 0 Å². The highest BCUT2D eigenvalue weighted by Gasteiger charge is 2.26. The first kappa shape index (κ1) is 19.1. The molecule has 0 radical (unpaired) electrons. The smallest absolute Gasteiger partial charge is 0.269 e. The third-order valence-corrected chi connectivity index (χ3v) is 5.10. The number of amides is 1. The van der Waals surface area contributed by atoms with Gasteiger partial charge in [-0.2, -0.15) is 0 Å². The Hall–Kier alpha value is -2.71. The van der Waals surface area contributed by atoms with E-state index in [0.29, 0.717) is 12.1 Å². The highest BCUT2D eigenvalue weighted by molar-refractivity contribution is 5.94. The highest BCUT2D eigenvalue weighted by atomic mass is 16.6. The molecule has 1 atom stereocenters. The van der Waals surface area contributed by atoms with Gasteiger partial charge in [0.15, 0.2) is 0 Å². The average molecular weight is 371 g/mol. The molecular weight excluding hydrogens is 346 g/mol. The number of carbonyl (C=O) groups is 1. The van der Waals surface area contributed by atoms with E-state index in [1.54, 1.807) is 0 Å². The van der Waals surface area contributed by atoms with Crippen LogP contribution in [0.4, 0.5) is 5.69 Å². The number of nitro benzene ring substituents is 1. The first-order valence-electron chi connectivity index (χ1n) is 9.02. The molecule has 2 heterocycles. The number of non-ortho nitro benzene ring substituents is 1. The van der Waals surface area contributed by atoms with Crippen LogP contribution in [-0.4, -0.2) is 65.0 Å². The van der Waals surface area contributed by atoms with Gasteiger partial charge in [0.2, 0.25) is 0 Å². The summed E-state index contributed by atoms with van der Waals surface area (Å²) in [5.74, 6) is -0.224. The van der Waals surface area contributed by atoms with Crippen molar-refractivity contribution < 1.29 is 9.72 Å². The highest BCUT2D eigenvalue weighted by Crippen LogP contribution is 2.22. The van der Waals surface area contributed by atoms with Gasteiger partial charge < -0.3 is 14.8 Å². The summed E-state index contributed by atoms with van der Waals surface area (Å²) in [4.78, 5) is 27.5. The predicted molar refractivity (Wildman–Crippen MR) is 103 cm³/mol. The molecular formula is C19H25N5O3. The fourth-order valence-corrected chi connectivity index (χ4v) is 3.40. The SMILES string of the molecule is CN1CCN(C(CNC(=O)c2ccc([N+](=O)[O-])cc2)c2cccn2C)CC1. The van der Waals surface area contributed by atoms with Gasteiger partial charge in [0, 0.05) is 69.4 Å². The Labute approximate surface area is 158 Å². The fourth-order valence-electron chi connectivity index (χ4n) is 3.40. The molecule has 27 heavy (non-hydrogen) atoms. The second-order valence-electron chi connectivity index (χ2n) is 6.91. The van der Waals surface area contributed by atoms with E-state index in [2.05, 4.69) is 32.8 Å². The topological polar surface area (TPSA) is 83.7 Å². The van der Waals surface area contributed by atoms with Crippen molar-refractivity contribution >= 4 is 11.6 Å². The largest absolute Gasteiger partial charge is 0.353 e. The van der Waals surface area contributed by atoms with Crippen molar-refractivity contribution in [1.82, 2.24) is 19.7 Å². The molecule has 1 amide bonds. The second kappa shape index (κ2) is 8.32. The fraction of sp³-hybridized carbons (Fsp3) is 0.421. The molecule has 1 aliphatic rings. The van der Waals surface area contributed by atoms with Gasteiger partial charge >= 0.3 is 0 Å². The summed E-state index contributed by atoms with van der Waals surface area (Å²) in [5, 5.41) is 13.7. The number of rotatable bonds is 6. The summed E-state index contributed by atoms with van der Waals surface area (Å²) in [7, 11) is 4.13. The van der Waals surface area contributed by atoms with E-state index in [1.807, 2.05) is 19.3 Å². The van der Waals surface area contributed by atoms with Gasteiger partial charge in [0.25, 0.3) is 11.6 Å². The van der Waals surface area contributed by atoms with E-state index < -0.39 is 4.92 Å². The van der Waals surface area contributed by atoms with Crippen LogP contribution in [0.5, 0.6) is 0 Å². The van der Waals surface area contributed by atoms with Crippen LogP contribution >= 0.6 is 0 Å². The molecule has 0 aliphatic carbocycles. The lowest BCUT2D eigenvalue weighted by atomic mass is 10.1. The van der Waals surface area contributed by atoms with Crippen molar-refractivity contribution in [3.05, 3.63) is 64.0 Å². The van der Waals surface area contributed by atoms with Crippen LogP contribution in [0, 0.1) is 10.1 Å². The van der Waals surface area contributed by atoms with E-state index in [4.69, 9.17) is 0 Å². The Balaban J connectivity index is 1.69. The van der Waals surface area contributed by atoms with Crippen LogP contribution < -0.4 is 5.32 Å². The molecule has 1 unspecified atom stereocenters. The van der Waals surface area contributed by atoms with Gasteiger partial charge in [-0.25, -0.2) is 0 Å². The number of benzene rings is 1. The maximum absolute atomic E-state index is 12.5. The van der Waals surface area contributed by atoms with E-state index in [9.17, 15) is 14.9 Å². The van der Waals surface area contributed by atoms with E-state index >= 15 is 0 Å². The molecule has 3 rings (SSSR count). The van der Waals surface area contributed by atoms with Gasteiger partial charge in [0.05, 0.1) is 11.0 Å². The van der Waals surface area contributed by atoms with Gasteiger partial charge in [-0.05, 0) is 31.3 Å². The van der Waals surface area contributed by atoms with E-state index in [1.165, 1.54) is 24.3 Å². The standard InChI is InChI=1S/C19H25N5O3/c1-21-10-12-23(13-11-21)18(17-4-3-9-22(17)2)14-20-19(25)15-5-7-16(8-6-15)24(26)27/h3-9,18H,10-14H2,1-2H3,(H,20,25). The minimum absolute atomic E-state index is 0.0225. The summed E-state index contributed by atoms with van der Waals surface area (Å²) in [6.45, 7) is 4.37. The number of hydrogen-bond donors (Lipinski definition) is 1. The van der Waals surface area contributed by atoms with Crippen LogP contribution in [-0.2, 0) is 7.05 Å². The van der Waals surface area contributed by atoms with Crippen LogP contribution in [0.3, 0.4) is 0 Å². The lowest BCUT2D eigenvalue weighted by molar-refractivity contribution is -0.384. The lowest BCUT2D eigenvalue weighted by Gasteiger charge is -2.38. The van der Waals surface area contributed by atoms with E-state index in [-0.39, 0.29) is 17.6 Å². The van der Waals surface area contributed by atoms with E-state index in [0.717, 1.165) is 31.9 Å². The molecule has 8 nitrogen and oxygen atoms in total. The maximum atomic E-state index is 12.5. The molecule has 0 bridgehead atoms. The summed E-state index contributed by atoms with van der Waals surface area (Å²) >= 11 is 0. The quantitative estimate of drug-likeness (QED) is 0.617. The van der Waals surface area contributed by atoms with Crippen molar-refractivity contribution in [3.8, 4) is 0 Å². The average Bonchev–Trinajstić information content (AvgIpc) is 3.09. The van der Waals surface area contributed by atoms with Crippen LogP contribution in [0.25, 0.3) is 0 Å². The zero-order valence-electron chi connectivity index (χ0n) is 15.7. The molecule has 0 spiro atoms. The number of nitrogens with zero attached hydrogens (tertiary/aromatic N) is 4. The number of likely N-dealkylation sites (N-methyl/N-ethyl adjacent to an activating group) is 1. The molecule has 1 aliphatic heterocycles. The number of piperazine rings is 1. The van der Waals surface area contributed by atoms with Crippen molar-refractivity contribution in [1.29, 1.82) is 0 Å². The van der Waals surface area contributed by atoms with Crippen LogP contribution in [0.2, 0.25) is 0 Å². The number of aryl methyl sites for hydroxylation is 1. The van der Waals surface area contributed by atoms with Crippen molar-refractivity contribution in [2.45, 2.75) is 6.04 Å². The molecule has 144 valence electrons. The Morgan fingerprint density at radius 1 is 1.15 bits per heavy atom. The van der Waals surface area contributed by atoms with Gasteiger partial charge in [-0.15, -0.1) is 0 Å².